The Balaban J connectivity index is 1.77. The van der Waals surface area contributed by atoms with Crippen molar-refractivity contribution < 1.29 is 52.3 Å². The zero-order valence-electron chi connectivity index (χ0n) is 35.1. The summed E-state index contributed by atoms with van der Waals surface area (Å²) in [5, 5.41) is 2.92. The van der Waals surface area contributed by atoms with Crippen molar-refractivity contribution in [2.24, 2.45) is 40.7 Å². The smallest absolute Gasteiger partial charge is 0.493 e. The molecule has 2 heterocycles. The van der Waals surface area contributed by atoms with Crippen molar-refractivity contribution in [3.63, 3.8) is 0 Å². The quantitative estimate of drug-likeness (QED) is 0.0891. The molecular formula is C41H68N4O11. The fourth-order valence-electron chi connectivity index (χ4n) is 6.95. The van der Waals surface area contributed by atoms with Crippen molar-refractivity contribution in [3.8, 4) is 11.5 Å². The first kappa shape index (κ1) is 46.6. The number of nitrogens with zero attached hydrogens (tertiary/aromatic N) is 2. The van der Waals surface area contributed by atoms with E-state index in [4.69, 9.17) is 38.9 Å². The standard InChI is InChI=1S/C41H68N4O11/c1-27(2)31(19-30-11-12-34(51-9)36(20-30)52-18-10-17-50-8)21-33-35(22-32(28(3)4)37(46)43-24-41(5,6)38(42)47)54-25-45(33)39(48)55-26-56-40(49)53-23-29-13-15-44(7)16-14-29/h11-12,20,27-29,31-33,35H,10,13-19,21-26H2,1-9H3,(H2,42,47)(H,43,46)/t31-,32-,33-,35-/m0/s1. The molecule has 0 aromatic heterocycles. The number of hydrogen-bond acceptors (Lipinski definition) is 12. The maximum atomic E-state index is 13.6. The molecule has 0 spiro atoms. The van der Waals surface area contributed by atoms with Gasteiger partial charge in [0.05, 0.1) is 37.9 Å². The number of nitrogens with one attached hydrogen (secondary N) is 1. The molecule has 0 unspecified atom stereocenters. The van der Waals surface area contributed by atoms with Gasteiger partial charge < -0.3 is 49.1 Å². The molecule has 4 atom stereocenters. The van der Waals surface area contributed by atoms with Crippen LogP contribution < -0.4 is 20.5 Å². The van der Waals surface area contributed by atoms with Crippen LogP contribution in [0, 0.1) is 35.0 Å². The Kier molecular flexibility index (Phi) is 19.0. The van der Waals surface area contributed by atoms with E-state index in [0.717, 1.165) is 37.9 Å². The number of carbonyl (C=O) groups excluding carboxylic acids is 4. The number of carbonyl (C=O) groups is 4. The van der Waals surface area contributed by atoms with Crippen LogP contribution in [0.15, 0.2) is 18.2 Å². The lowest BCUT2D eigenvalue weighted by Crippen LogP contribution is -2.47. The molecule has 3 rings (SSSR count). The molecule has 56 heavy (non-hydrogen) atoms. The van der Waals surface area contributed by atoms with Gasteiger partial charge in [-0.15, -0.1) is 0 Å². The lowest BCUT2D eigenvalue weighted by molar-refractivity contribution is -0.130. The van der Waals surface area contributed by atoms with Crippen LogP contribution in [0.1, 0.15) is 79.2 Å². The van der Waals surface area contributed by atoms with Crippen LogP contribution in [-0.4, -0.2) is 120 Å². The minimum absolute atomic E-state index is 0.0668. The highest BCUT2D eigenvalue weighted by Crippen LogP contribution is 2.36. The fourth-order valence-corrected chi connectivity index (χ4v) is 6.95. The molecule has 3 N–H and O–H groups in total. The Morgan fingerprint density at radius 2 is 1.68 bits per heavy atom. The van der Waals surface area contributed by atoms with Crippen molar-refractivity contribution in [2.75, 3.05) is 74.2 Å². The maximum absolute atomic E-state index is 13.6. The topological polar surface area (TPSA) is 177 Å². The van der Waals surface area contributed by atoms with Gasteiger partial charge in [0.25, 0.3) is 0 Å². The number of amides is 3. The number of likely N-dealkylation sites (tertiary alicyclic amines) is 1. The summed E-state index contributed by atoms with van der Waals surface area (Å²) in [6.45, 7) is 14.2. The summed E-state index contributed by atoms with van der Waals surface area (Å²) in [5.41, 5.74) is 5.67. The molecule has 15 heteroatoms. The van der Waals surface area contributed by atoms with E-state index in [-0.39, 0.29) is 49.5 Å². The molecule has 318 valence electrons. The van der Waals surface area contributed by atoms with Gasteiger partial charge in [0.2, 0.25) is 18.6 Å². The van der Waals surface area contributed by atoms with Gasteiger partial charge in [-0.25, -0.2) is 9.59 Å². The van der Waals surface area contributed by atoms with Gasteiger partial charge in [-0.1, -0.05) is 33.8 Å². The summed E-state index contributed by atoms with van der Waals surface area (Å²) in [6.07, 6.45) is 2.02. The molecule has 2 saturated heterocycles. The third-order valence-electron chi connectivity index (χ3n) is 11.1. The number of nitrogens with two attached hydrogens (primary N) is 1. The molecule has 0 radical (unpaired) electrons. The monoisotopic (exact) mass is 792 g/mol. The maximum Gasteiger partial charge on any atom is 0.511 e. The lowest BCUT2D eigenvalue weighted by atomic mass is 9.80. The third-order valence-corrected chi connectivity index (χ3v) is 11.1. The second kappa shape index (κ2) is 22.8. The highest BCUT2D eigenvalue weighted by Gasteiger charge is 2.43. The van der Waals surface area contributed by atoms with Crippen molar-refractivity contribution in [3.05, 3.63) is 23.8 Å². The number of hydrogen-bond donors (Lipinski definition) is 2. The Bertz CT molecular complexity index is 1400. The predicted molar refractivity (Wildman–Crippen MR) is 210 cm³/mol. The van der Waals surface area contributed by atoms with Crippen molar-refractivity contribution >= 4 is 24.1 Å². The van der Waals surface area contributed by atoms with Crippen LogP contribution >= 0.6 is 0 Å². The summed E-state index contributed by atoms with van der Waals surface area (Å²) in [7, 11) is 5.32. The lowest BCUT2D eigenvalue weighted by Gasteiger charge is -2.33. The number of benzene rings is 1. The van der Waals surface area contributed by atoms with E-state index in [1.54, 1.807) is 28.1 Å². The van der Waals surface area contributed by atoms with E-state index in [2.05, 4.69) is 31.1 Å². The minimum Gasteiger partial charge on any atom is -0.493 e. The minimum atomic E-state index is -0.924. The Morgan fingerprint density at radius 1 is 0.964 bits per heavy atom. The molecule has 1 aromatic rings. The van der Waals surface area contributed by atoms with Crippen LogP contribution in [0.5, 0.6) is 11.5 Å². The number of piperidine rings is 1. The zero-order chi connectivity index (χ0) is 41.4. The van der Waals surface area contributed by atoms with Crippen LogP contribution in [0.4, 0.5) is 9.59 Å². The summed E-state index contributed by atoms with van der Waals surface area (Å²) < 4.78 is 38.9. The van der Waals surface area contributed by atoms with E-state index in [1.807, 2.05) is 32.0 Å². The van der Waals surface area contributed by atoms with Crippen molar-refractivity contribution in [1.82, 2.24) is 15.1 Å². The first-order valence-corrected chi connectivity index (χ1v) is 20.0. The molecule has 1 aromatic carbocycles. The van der Waals surface area contributed by atoms with Crippen molar-refractivity contribution in [2.45, 2.75) is 92.2 Å². The number of methoxy groups -OCH3 is 2. The van der Waals surface area contributed by atoms with E-state index in [1.165, 1.54) is 4.90 Å². The molecule has 0 saturated carbocycles. The molecule has 0 aliphatic carbocycles. The zero-order valence-corrected chi connectivity index (χ0v) is 35.1. The van der Waals surface area contributed by atoms with E-state index >= 15 is 0 Å². The number of ether oxygens (including phenoxy) is 7. The molecule has 0 bridgehead atoms. The Labute approximate surface area is 333 Å². The largest absolute Gasteiger partial charge is 0.511 e. The van der Waals surface area contributed by atoms with Gasteiger partial charge in [-0.05, 0) is 107 Å². The van der Waals surface area contributed by atoms with Gasteiger partial charge in [-0.3, -0.25) is 14.5 Å². The predicted octanol–water partition coefficient (Wildman–Crippen LogP) is 5.22. The van der Waals surface area contributed by atoms with E-state index < -0.39 is 48.4 Å². The Morgan fingerprint density at radius 3 is 2.30 bits per heavy atom. The SMILES string of the molecule is COCCCOc1cc(C[C@@H](C[C@H]2[C@H](C[C@H](C(=O)NCC(C)(C)C(N)=O)C(C)C)OCN2C(=O)OCOC(=O)OCC2CCN(C)CC2)C(C)C)ccc1OC. The van der Waals surface area contributed by atoms with Crippen LogP contribution in [-0.2, 0) is 39.7 Å². The highest BCUT2D eigenvalue weighted by atomic mass is 16.8. The first-order chi connectivity index (χ1) is 26.6. The Hall–Kier alpha value is -3.82. The number of primary amides is 1. The van der Waals surface area contributed by atoms with Gasteiger partial charge in [-0.2, -0.15) is 0 Å². The van der Waals surface area contributed by atoms with Gasteiger partial charge in [0.1, 0.15) is 6.73 Å². The third kappa shape index (κ3) is 14.6. The molecule has 2 fully saturated rings. The van der Waals surface area contributed by atoms with Gasteiger partial charge in [0, 0.05) is 32.6 Å². The normalized spacial score (nSPS) is 19.1. The molecular weight excluding hydrogens is 724 g/mol. The van der Waals surface area contributed by atoms with E-state index in [9.17, 15) is 19.2 Å². The second-order valence-corrected chi connectivity index (χ2v) is 16.5. The summed E-state index contributed by atoms with van der Waals surface area (Å²) in [5.74, 6) is 0.522. The number of rotatable bonds is 22. The summed E-state index contributed by atoms with van der Waals surface area (Å²) in [6, 6.07) is 5.44. The van der Waals surface area contributed by atoms with Crippen LogP contribution in [0.25, 0.3) is 0 Å². The molecule has 3 amide bonds. The molecule has 15 nitrogen and oxygen atoms in total. The fraction of sp³-hybridized carbons (Fsp3) is 0.756. The average Bonchev–Trinajstić information content (AvgIpc) is 3.55. The van der Waals surface area contributed by atoms with Gasteiger partial charge in [0.15, 0.2) is 11.5 Å². The van der Waals surface area contributed by atoms with E-state index in [0.29, 0.717) is 44.0 Å². The first-order valence-electron chi connectivity index (χ1n) is 20.0. The average molecular weight is 793 g/mol. The summed E-state index contributed by atoms with van der Waals surface area (Å²) >= 11 is 0. The summed E-state index contributed by atoms with van der Waals surface area (Å²) in [4.78, 5) is 55.3. The van der Waals surface area contributed by atoms with Crippen molar-refractivity contribution in [1.29, 1.82) is 0 Å². The second-order valence-electron chi connectivity index (χ2n) is 16.5. The highest BCUT2D eigenvalue weighted by molar-refractivity contribution is 5.83. The van der Waals surface area contributed by atoms with Gasteiger partial charge >= 0.3 is 12.2 Å². The van der Waals surface area contributed by atoms with Crippen LogP contribution in [0.3, 0.4) is 0 Å². The molecule has 2 aliphatic heterocycles. The molecule has 2 aliphatic rings. The van der Waals surface area contributed by atoms with Crippen LogP contribution in [0.2, 0.25) is 0 Å².